The molecule has 0 unspecified atom stereocenters. The SMILES string of the molecule is C/C(=C\C(=O)O)c1oc2c(Cl)cccc2c1-c1ccc(Cl)cc1. The molecule has 3 rings (SSSR count). The zero-order chi connectivity index (χ0) is 16.6. The fourth-order valence-electron chi connectivity index (χ4n) is 2.52. The van der Waals surface area contributed by atoms with Crippen molar-refractivity contribution in [3.8, 4) is 11.1 Å². The van der Waals surface area contributed by atoms with Gasteiger partial charge in [-0.05, 0) is 36.3 Å². The molecule has 3 nitrogen and oxygen atoms in total. The standard InChI is InChI=1S/C18H12Cl2O3/c1-10(9-15(21)22)17-16(11-5-7-12(19)8-6-11)13-3-2-4-14(20)18(13)23-17/h2-9H,1H3,(H,21,22)/b10-9+. The number of hydrogen-bond acceptors (Lipinski definition) is 2. The molecule has 0 fully saturated rings. The summed E-state index contributed by atoms with van der Waals surface area (Å²) in [5.41, 5.74) is 2.72. The molecule has 0 saturated carbocycles. The Morgan fingerprint density at radius 1 is 1.13 bits per heavy atom. The van der Waals surface area contributed by atoms with Crippen molar-refractivity contribution in [2.45, 2.75) is 6.92 Å². The van der Waals surface area contributed by atoms with Crippen LogP contribution < -0.4 is 0 Å². The summed E-state index contributed by atoms with van der Waals surface area (Å²) in [5, 5.41) is 10.9. The van der Waals surface area contributed by atoms with Crippen molar-refractivity contribution < 1.29 is 14.3 Å². The number of fused-ring (bicyclic) bond motifs is 1. The first-order valence-corrected chi connectivity index (χ1v) is 7.61. The largest absolute Gasteiger partial charge is 0.478 e. The molecule has 116 valence electrons. The van der Waals surface area contributed by atoms with Crippen molar-refractivity contribution >= 4 is 45.7 Å². The molecule has 0 atom stereocenters. The molecule has 0 bridgehead atoms. The summed E-state index contributed by atoms with van der Waals surface area (Å²) in [6.07, 6.45) is 1.12. The third kappa shape index (κ3) is 2.98. The Kier molecular flexibility index (Phi) is 4.16. The topological polar surface area (TPSA) is 50.4 Å². The second-order valence-electron chi connectivity index (χ2n) is 5.10. The normalized spacial score (nSPS) is 11.9. The first kappa shape index (κ1) is 15.7. The summed E-state index contributed by atoms with van der Waals surface area (Å²) < 4.78 is 5.88. The predicted octanol–water partition coefficient (Wildman–Crippen LogP) is 5.89. The molecule has 0 aliphatic carbocycles. The van der Waals surface area contributed by atoms with Crippen LogP contribution in [0.15, 0.2) is 53.0 Å². The van der Waals surface area contributed by atoms with Crippen molar-refractivity contribution in [3.63, 3.8) is 0 Å². The number of allylic oxidation sites excluding steroid dienone is 1. The van der Waals surface area contributed by atoms with Gasteiger partial charge in [-0.2, -0.15) is 0 Å². The van der Waals surface area contributed by atoms with Gasteiger partial charge >= 0.3 is 5.97 Å². The Morgan fingerprint density at radius 3 is 2.48 bits per heavy atom. The fourth-order valence-corrected chi connectivity index (χ4v) is 2.86. The van der Waals surface area contributed by atoms with Gasteiger partial charge in [0.15, 0.2) is 5.58 Å². The zero-order valence-corrected chi connectivity index (χ0v) is 13.7. The maximum Gasteiger partial charge on any atom is 0.328 e. The zero-order valence-electron chi connectivity index (χ0n) is 12.1. The van der Waals surface area contributed by atoms with Crippen molar-refractivity contribution in [2.24, 2.45) is 0 Å². The van der Waals surface area contributed by atoms with Crippen molar-refractivity contribution in [1.82, 2.24) is 0 Å². The Morgan fingerprint density at radius 2 is 1.83 bits per heavy atom. The Labute approximate surface area is 142 Å². The molecule has 1 heterocycles. The number of halogens is 2. The van der Waals surface area contributed by atoms with E-state index < -0.39 is 5.97 Å². The van der Waals surface area contributed by atoms with Crippen molar-refractivity contribution in [3.05, 3.63) is 64.3 Å². The highest BCUT2D eigenvalue weighted by atomic mass is 35.5. The average Bonchev–Trinajstić information content (AvgIpc) is 2.88. The Hall–Kier alpha value is -2.23. The number of furan rings is 1. The molecular formula is C18H12Cl2O3. The van der Waals surface area contributed by atoms with Crippen LogP contribution in [0.5, 0.6) is 0 Å². The van der Waals surface area contributed by atoms with Gasteiger partial charge in [-0.15, -0.1) is 0 Å². The van der Waals surface area contributed by atoms with E-state index in [4.69, 9.17) is 32.7 Å². The second kappa shape index (κ2) is 6.11. The van der Waals surface area contributed by atoms with E-state index in [9.17, 15) is 4.79 Å². The van der Waals surface area contributed by atoms with E-state index in [1.807, 2.05) is 24.3 Å². The lowest BCUT2D eigenvalue weighted by atomic mass is 9.99. The van der Waals surface area contributed by atoms with E-state index in [1.165, 1.54) is 0 Å². The fraction of sp³-hybridized carbons (Fsp3) is 0.0556. The minimum atomic E-state index is -1.03. The summed E-state index contributed by atoms with van der Waals surface area (Å²) in [5.74, 6) is -0.547. The van der Waals surface area contributed by atoms with Crippen LogP contribution in [0.2, 0.25) is 10.0 Å². The second-order valence-corrected chi connectivity index (χ2v) is 5.94. The lowest BCUT2D eigenvalue weighted by Crippen LogP contribution is -1.90. The third-order valence-corrected chi connectivity index (χ3v) is 4.05. The van der Waals surface area contributed by atoms with Gasteiger partial charge in [0, 0.05) is 22.0 Å². The molecule has 0 amide bonds. The van der Waals surface area contributed by atoms with Crippen molar-refractivity contribution in [1.29, 1.82) is 0 Å². The van der Waals surface area contributed by atoms with Gasteiger partial charge in [-0.3, -0.25) is 0 Å². The number of carboxylic acid groups (broad SMARTS) is 1. The molecule has 23 heavy (non-hydrogen) atoms. The minimum absolute atomic E-state index is 0.479. The van der Waals surface area contributed by atoms with Crippen LogP contribution in [0.1, 0.15) is 12.7 Å². The highest BCUT2D eigenvalue weighted by Gasteiger charge is 2.19. The van der Waals surface area contributed by atoms with Gasteiger partial charge in [0.1, 0.15) is 5.76 Å². The summed E-state index contributed by atoms with van der Waals surface area (Å²) in [6, 6.07) is 12.8. The number of hydrogen-bond donors (Lipinski definition) is 1. The first-order chi connectivity index (χ1) is 11.0. The van der Waals surface area contributed by atoms with Gasteiger partial charge in [0.25, 0.3) is 0 Å². The van der Waals surface area contributed by atoms with Gasteiger partial charge in [-0.1, -0.05) is 47.5 Å². The molecule has 0 radical (unpaired) electrons. The summed E-state index contributed by atoms with van der Waals surface area (Å²) >= 11 is 12.2. The van der Waals surface area contributed by atoms with E-state index in [1.54, 1.807) is 25.1 Å². The van der Waals surface area contributed by atoms with Crippen LogP contribution in [0.3, 0.4) is 0 Å². The van der Waals surface area contributed by atoms with Crippen LogP contribution in [0, 0.1) is 0 Å². The quantitative estimate of drug-likeness (QED) is 0.601. The predicted molar refractivity (Wildman–Crippen MR) is 93.0 cm³/mol. The Balaban J connectivity index is 2.35. The monoisotopic (exact) mass is 346 g/mol. The molecule has 2 aromatic carbocycles. The molecule has 5 heteroatoms. The lowest BCUT2D eigenvalue weighted by Gasteiger charge is -2.04. The van der Waals surface area contributed by atoms with Crippen LogP contribution >= 0.6 is 23.2 Å². The van der Waals surface area contributed by atoms with Gasteiger partial charge in [0.2, 0.25) is 0 Å². The van der Waals surface area contributed by atoms with E-state index in [0.717, 1.165) is 22.6 Å². The maximum atomic E-state index is 11.0. The van der Waals surface area contributed by atoms with Crippen LogP contribution in [0.4, 0.5) is 0 Å². The molecule has 0 aliphatic rings. The lowest BCUT2D eigenvalue weighted by molar-refractivity contribution is -0.131. The van der Waals surface area contributed by atoms with E-state index >= 15 is 0 Å². The summed E-state index contributed by atoms with van der Waals surface area (Å²) in [7, 11) is 0. The molecular weight excluding hydrogens is 335 g/mol. The number of carboxylic acids is 1. The maximum absolute atomic E-state index is 11.0. The number of aliphatic carboxylic acids is 1. The third-order valence-electron chi connectivity index (χ3n) is 3.50. The number of carbonyl (C=O) groups is 1. The van der Waals surface area contributed by atoms with Gasteiger partial charge in [0.05, 0.1) is 5.02 Å². The van der Waals surface area contributed by atoms with Crippen LogP contribution in [-0.2, 0) is 4.79 Å². The van der Waals surface area contributed by atoms with E-state index in [2.05, 4.69) is 0 Å². The summed E-state index contributed by atoms with van der Waals surface area (Å²) in [6.45, 7) is 1.69. The van der Waals surface area contributed by atoms with E-state index in [0.29, 0.717) is 27.0 Å². The highest BCUT2D eigenvalue weighted by molar-refractivity contribution is 6.35. The molecule has 3 aromatic rings. The van der Waals surface area contributed by atoms with Gasteiger partial charge < -0.3 is 9.52 Å². The molecule has 0 spiro atoms. The first-order valence-electron chi connectivity index (χ1n) is 6.86. The van der Waals surface area contributed by atoms with Crippen LogP contribution in [-0.4, -0.2) is 11.1 Å². The summed E-state index contributed by atoms with van der Waals surface area (Å²) in [4.78, 5) is 11.0. The molecule has 1 aromatic heterocycles. The minimum Gasteiger partial charge on any atom is -0.478 e. The van der Waals surface area contributed by atoms with Crippen LogP contribution in [0.25, 0.3) is 27.7 Å². The smallest absolute Gasteiger partial charge is 0.328 e. The number of para-hydroxylation sites is 1. The molecule has 0 saturated heterocycles. The number of rotatable bonds is 3. The average molecular weight is 347 g/mol. The molecule has 0 aliphatic heterocycles. The van der Waals surface area contributed by atoms with E-state index in [-0.39, 0.29) is 0 Å². The molecule has 1 N–H and O–H groups in total. The highest BCUT2D eigenvalue weighted by Crippen LogP contribution is 2.41. The number of benzene rings is 2. The van der Waals surface area contributed by atoms with Crippen molar-refractivity contribution in [2.75, 3.05) is 0 Å². The Bertz CT molecular complexity index is 921. The van der Waals surface area contributed by atoms with Gasteiger partial charge in [-0.25, -0.2) is 4.79 Å².